The number of Topliss-reactive ketones (excluding diaryl/α,β-unsaturated/α-hetero) is 1. The summed E-state index contributed by atoms with van der Waals surface area (Å²) in [5, 5.41) is 2.12. The van der Waals surface area contributed by atoms with Gasteiger partial charge >= 0.3 is 6.18 Å². The number of halogens is 3. The van der Waals surface area contributed by atoms with Crippen LogP contribution in [0.2, 0.25) is 0 Å². The lowest BCUT2D eigenvalue weighted by atomic mass is 10.1. The maximum absolute atomic E-state index is 12.7. The number of alkyl halides is 3. The summed E-state index contributed by atoms with van der Waals surface area (Å²) in [5.74, 6) is -1.16. The number of anilines is 1. The third-order valence-corrected chi connectivity index (χ3v) is 5.10. The van der Waals surface area contributed by atoms with Crippen molar-refractivity contribution in [1.29, 1.82) is 0 Å². The Morgan fingerprint density at radius 1 is 1.36 bits per heavy atom. The van der Waals surface area contributed by atoms with Gasteiger partial charge in [0.05, 0.1) is 11.1 Å². The SMILES string of the molecule is CSc1ncc2c(n1)SC(C(=O)Nc1cccc(C(F)(F)F)c1)C2=O. The number of benzene rings is 1. The summed E-state index contributed by atoms with van der Waals surface area (Å²) >= 11 is 2.26. The second-order valence-electron chi connectivity index (χ2n) is 5.01. The predicted octanol–water partition coefficient (Wildman–Crippen LogP) is 3.51. The molecule has 130 valence electrons. The molecule has 0 bridgehead atoms. The second kappa shape index (κ2) is 6.68. The van der Waals surface area contributed by atoms with Crippen LogP contribution >= 0.6 is 23.5 Å². The second-order valence-corrected chi connectivity index (χ2v) is 6.87. The molecule has 1 aliphatic heterocycles. The Morgan fingerprint density at radius 2 is 2.12 bits per heavy atom. The van der Waals surface area contributed by atoms with Crippen LogP contribution in [0.3, 0.4) is 0 Å². The van der Waals surface area contributed by atoms with Crippen LogP contribution in [0.5, 0.6) is 0 Å². The fraction of sp³-hybridized carbons (Fsp3) is 0.200. The number of aromatic nitrogens is 2. The van der Waals surface area contributed by atoms with E-state index >= 15 is 0 Å². The molecule has 0 radical (unpaired) electrons. The Bertz CT molecular complexity index is 858. The number of thioether (sulfide) groups is 2. The topological polar surface area (TPSA) is 72.0 Å². The first-order valence-corrected chi connectivity index (χ1v) is 9.00. The van der Waals surface area contributed by atoms with E-state index in [4.69, 9.17) is 0 Å². The number of carbonyl (C=O) groups excluding carboxylic acids is 2. The lowest BCUT2D eigenvalue weighted by Crippen LogP contribution is -2.29. The molecule has 1 aromatic carbocycles. The van der Waals surface area contributed by atoms with Crippen molar-refractivity contribution < 1.29 is 22.8 Å². The molecule has 1 amide bonds. The Morgan fingerprint density at radius 3 is 2.80 bits per heavy atom. The summed E-state index contributed by atoms with van der Waals surface area (Å²) in [5.41, 5.74) is -0.665. The van der Waals surface area contributed by atoms with Crippen LogP contribution < -0.4 is 5.32 Å². The standard InChI is InChI=1S/C15H10F3N3O2S2/c1-24-14-19-6-9-10(22)11(25-13(9)21-14)12(23)20-8-4-2-3-7(5-8)15(16,17)18/h2-6,11H,1H3,(H,20,23). The van der Waals surface area contributed by atoms with Gasteiger partial charge in [-0.25, -0.2) is 9.97 Å². The minimum atomic E-state index is -4.52. The first-order valence-electron chi connectivity index (χ1n) is 6.89. The average Bonchev–Trinajstić information content (AvgIpc) is 2.90. The third-order valence-electron chi connectivity index (χ3n) is 3.34. The fourth-order valence-electron chi connectivity index (χ4n) is 2.17. The van der Waals surface area contributed by atoms with E-state index in [-0.39, 0.29) is 11.3 Å². The average molecular weight is 385 g/mol. The number of ketones is 1. The van der Waals surface area contributed by atoms with Crippen molar-refractivity contribution in [2.75, 3.05) is 11.6 Å². The smallest absolute Gasteiger partial charge is 0.325 e. The molecule has 1 unspecified atom stereocenters. The fourth-order valence-corrected chi connectivity index (χ4v) is 3.61. The van der Waals surface area contributed by atoms with E-state index < -0.39 is 28.7 Å². The maximum atomic E-state index is 12.7. The molecule has 25 heavy (non-hydrogen) atoms. The Labute approximate surface area is 148 Å². The number of hydrogen-bond acceptors (Lipinski definition) is 6. The van der Waals surface area contributed by atoms with Crippen LogP contribution in [-0.2, 0) is 11.0 Å². The Balaban J connectivity index is 1.78. The molecule has 2 heterocycles. The minimum absolute atomic E-state index is 0.0277. The number of nitrogens with one attached hydrogen (secondary N) is 1. The van der Waals surface area contributed by atoms with Crippen LogP contribution in [0, 0.1) is 0 Å². The van der Waals surface area contributed by atoms with Gasteiger partial charge in [0.1, 0.15) is 5.03 Å². The zero-order chi connectivity index (χ0) is 18.2. The van der Waals surface area contributed by atoms with Crippen molar-refractivity contribution in [2.45, 2.75) is 21.6 Å². The molecule has 3 rings (SSSR count). The van der Waals surface area contributed by atoms with Crippen LogP contribution in [0.4, 0.5) is 18.9 Å². The molecule has 1 N–H and O–H groups in total. The molecule has 0 saturated carbocycles. The Kier molecular flexibility index (Phi) is 4.74. The number of hydrogen-bond donors (Lipinski definition) is 1. The lowest BCUT2D eigenvalue weighted by molar-refractivity contribution is -0.137. The minimum Gasteiger partial charge on any atom is -0.325 e. The van der Waals surface area contributed by atoms with Gasteiger partial charge in [0.2, 0.25) is 5.91 Å². The van der Waals surface area contributed by atoms with Gasteiger partial charge in [-0.15, -0.1) is 0 Å². The van der Waals surface area contributed by atoms with E-state index in [1.165, 1.54) is 30.1 Å². The summed E-state index contributed by atoms with van der Waals surface area (Å²) < 4.78 is 38.2. The highest BCUT2D eigenvalue weighted by Gasteiger charge is 2.38. The number of fused-ring (bicyclic) bond motifs is 1. The van der Waals surface area contributed by atoms with Gasteiger partial charge < -0.3 is 5.32 Å². The molecule has 1 aromatic heterocycles. The highest BCUT2D eigenvalue weighted by atomic mass is 32.2. The van der Waals surface area contributed by atoms with Gasteiger partial charge in [-0.1, -0.05) is 29.6 Å². The van der Waals surface area contributed by atoms with Gasteiger partial charge in [0.15, 0.2) is 16.2 Å². The van der Waals surface area contributed by atoms with E-state index in [2.05, 4.69) is 15.3 Å². The molecule has 0 aliphatic carbocycles. The van der Waals surface area contributed by atoms with Crippen LogP contribution in [-0.4, -0.2) is 33.2 Å². The van der Waals surface area contributed by atoms with E-state index in [1.54, 1.807) is 6.26 Å². The summed E-state index contributed by atoms with van der Waals surface area (Å²) in [6.45, 7) is 0. The normalized spacial score (nSPS) is 16.6. The number of amides is 1. The van der Waals surface area contributed by atoms with Crippen molar-refractivity contribution in [1.82, 2.24) is 9.97 Å². The molecule has 2 aromatic rings. The van der Waals surface area contributed by atoms with Gasteiger partial charge in [0.25, 0.3) is 0 Å². The summed E-state index contributed by atoms with van der Waals surface area (Å²) in [7, 11) is 0. The summed E-state index contributed by atoms with van der Waals surface area (Å²) in [4.78, 5) is 32.8. The van der Waals surface area contributed by atoms with Crippen molar-refractivity contribution in [3.8, 4) is 0 Å². The summed E-state index contributed by atoms with van der Waals surface area (Å²) in [6, 6.07) is 4.24. The van der Waals surface area contributed by atoms with Crippen LogP contribution in [0.1, 0.15) is 15.9 Å². The van der Waals surface area contributed by atoms with Crippen molar-refractivity contribution in [3.05, 3.63) is 41.6 Å². The van der Waals surface area contributed by atoms with Crippen LogP contribution in [0.25, 0.3) is 0 Å². The van der Waals surface area contributed by atoms with Crippen LogP contribution in [0.15, 0.2) is 40.6 Å². The van der Waals surface area contributed by atoms with Crippen molar-refractivity contribution in [3.63, 3.8) is 0 Å². The molecule has 0 saturated heterocycles. The zero-order valence-electron chi connectivity index (χ0n) is 12.6. The largest absolute Gasteiger partial charge is 0.416 e. The molecular formula is C15H10F3N3O2S2. The molecule has 0 spiro atoms. The van der Waals surface area contributed by atoms with Gasteiger partial charge in [-0.2, -0.15) is 13.2 Å². The van der Waals surface area contributed by atoms with E-state index in [0.717, 1.165) is 23.9 Å². The van der Waals surface area contributed by atoms with Crippen molar-refractivity contribution in [2.24, 2.45) is 0 Å². The maximum Gasteiger partial charge on any atom is 0.416 e. The first-order chi connectivity index (χ1) is 11.8. The number of nitrogens with zero attached hydrogens (tertiary/aromatic N) is 2. The Hall–Kier alpha value is -2.07. The molecule has 1 aliphatic rings. The highest BCUT2D eigenvalue weighted by molar-refractivity contribution is 8.02. The van der Waals surface area contributed by atoms with E-state index in [9.17, 15) is 22.8 Å². The van der Waals surface area contributed by atoms with Crippen molar-refractivity contribution >= 4 is 40.9 Å². The molecule has 0 fully saturated rings. The number of carbonyl (C=O) groups is 2. The predicted molar refractivity (Wildman–Crippen MR) is 87.9 cm³/mol. The van der Waals surface area contributed by atoms with Gasteiger partial charge in [0, 0.05) is 11.9 Å². The molecular weight excluding hydrogens is 375 g/mol. The molecule has 5 nitrogen and oxygen atoms in total. The summed E-state index contributed by atoms with van der Waals surface area (Å²) in [6.07, 6.45) is -1.37. The lowest BCUT2D eigenvalue weighted by Gasteiger charge is -2.11. The van der Waals surface area contributed by atoms with E-state index in [1.807, 2.05) is 0 Å². The van der Waals surface area contributed by atoms with Gasteiger partial charge in [-0.05, 0) is 24.5 Å². The zero-order valence-corrected chi connectivity index (χ0v) is 14.3. The first kappa shape index (κ1) is 17.7. The molecule has 1 atom stereocenters. The third kappa shape index (κ3) is 3.64. The van der Waals surface area contributed by atoms with Gasteiger partial charge in [-0.3, -0.25) is 9.59 Å². The monoisotopic (exact) mass is 385 g/mol. The van der Waals surface area contributed by atoms with E-state index in [0.29, 0.717) is 10.2 Å². The number of rotatable bonds is 3. The quantitative estimate of drug-likeness (QED) is 0.377. The molecule has 10 heteroatoms. The highest BCUT2D eigenvalue weighted by Crippen LogP contribution is 2.37.